The molecule has 0 saturated carbocycles. The first-order chi connectivity index (χ1) is 21.7. The van der Waals surface area contributed by atoms with Gasteiger partial charge in [0.05, 0.1) is 10.9 Å². The number of benzene rings is 4. The van der Waals surface area contributed by atoms with Gasteiger partial charge in [0.15, 0.2) is 5.13 Å². The van der Waals surface area contributed by atoms with Crippen molar-refractivity contribution in [3.05, 3.63) is 137 Å². The first kappa shape index (κ1) is 31.3. The molecule has 1 heterocycles. The second-order valence-electron chi connectivity index (χ2n) is 9.70. The smallest absolute Gasteiger partial charge is 0.272 e. The maximum atomic E-state index is 13.4. The number of nitrogens with zero attached hydrogens (tertiary/aromatic N) is 1. The van der Waals surface area contributed by atoms with E-state index in [1.807, 2.05) is 0 Å². The van der Waals surface area contributed by atoms with Crippen LogP contribution in [-0.2, 0) is 9.59 Å². The molecule has 226 valence electrons. The lowest BCUT2D eigenvalue weighted by molar-refractivity contribution is -0.115. The molecule has 45 heavy (non-hydrogen) atoms. The van der Waals surface area contributed by atoms with E-state index in [1.165, 1.54) is 65.6 Å². The monoisotopic (exact) mass is 640 g/mol. The van der Waals surface area contributed by atoms with E-state index in [0.717, 1.165) is 10.5 Å². The molecule has 0 fully saturated rings. The number of hydrogen-bond acceptors (Lipinski definition) is 6. The van der Waals surface area contributed by atoms with Gasteiger partial charge in [-0.1, -0.05) is 30.3 Å². The molecule has 5 aromatic rings. The zero-order valence-electron chi connectivity index (χ0n) is 23.8. The lowest BCUT2D eigenvalue weighted by Gasteiger charge is -2.13. The molecule has 0 radical (unpaired) electrons. The minimum absolute atomic E-state index is 0.0241. The summed E-state index contributed by atoms with van der Waals surface area (Å²) in [6.07, 6.45) is 1.46. The van der Waals surface area contributed by atoms with Gasteiger partial charge >= 0.3 is 0 Å². The van der Waals surface area contributed by atoms with Crippen molar-refractivity contribution in [2.24, 2.45) is 0 Å². The average molecular weight is 641 g/mol. The van der Waals surface area contributed by atoms with E-state index in [4.69, 9.17) is 0 Å². The van der Waals surface area contributed by atoms with Crippen LogP contribution in [0.5, 0.6) is 0 Å². The third-order valence-corrected chi connectivity index (χ3v) is 8.25. The Bertz CT molecular complexity index is 1830. The molecular weight excluding hydrogens is 615 g/mol. The van der Waals surface area contributed by atoms with Gasteiger partial charge in [0.25, 0.3) is 11.8 Å². The fourth-order valence-electron chi connectivity index (χ4n) is 4.03. The number of thiazole rings is 1. The quantitative estimate of drug-likeness (QED) is 0.108. The highest BCUT2D eigenvalue weighted by Gasteiger charge is 2.18. The van der Waals surface area contributed by atoms with Gasteiger partial charge in [-0.15, -0.1) is 23.1 Å². The Morgan fingerprint density at radius 1 is 0.822 bits per heavy atom. The third-order valence-electron chi connectivity index (χ3n) is 6.38. The average Bonchev–Trinajstić information content (AvgIpc) is 3.51. The van der Waals surface area contributed by atoms with E-state index in [9.17, 15) is 23.2 Å². The number of hydrogen-bond donors (Lipinski definition) is 3. The van der Waals surface area contributed by atoms with Crippen LogP contribution in [0.2, 0.25) is 0 Å². The number of rotatable bonds is 10. The molecule has 0 saturated heterocycles. The summed E-state index contributed by atoms with van der Waals surface area (Å²) >= 11 is 2.61. The molecule has 1 atom stereocenters. The van der Waals surface area contributed by atoms with Crippen molar-refractivity contribution < 1.29 is 23.2 Å². The summed E-state index contributed by atoms with van der Waals surface area (Å²) in [5.74, 6) is -2.03. The molecule has 0 bridgehead atoms. The van der Waals surface area contributed by atoms with E-state index in [2.05, 4.69) is 20.9 Å². The van der Waals surface area contributed by atoms with Crippen molar-refractivity contribution in [1.82, 2.24) is 10.3 Å². The van der Waals surface area contributed by atoms with Crippen LogP contribution < -0.4 is 16.0 Å². The molecule has 3 amide bonds. The number of carbonyl (C=O) groups excluding carboxylic acids is 3. The SMILES string of the molecule is CC(Sc1ccc(NC(=O)/C(=C/c2ccc(F)cc2)NC(=O)c2ccccc2)cc1)C(=O)Nc1nc(-c2ccc(F)cc2)cs1. The van der Waals surface area contributed by atoms with E-state index in [0.29, 0.717) is 27.6 Å². The van der Waals surface area contributed by atoms with Crippen LogP contribution in [-0.4, -0.2) is 28.0 Å². The summed E-state index contributed by atoms with van der Waals surface area (Å²) in [5, 5.41) is 10.0. The van der Waals surface area contributed by atoms with Gasteiger partial charge in [-0.05, 0) is 91.4 Å². The molecule has 0 aliphatic heterocycles. The summed E-state index contributed by atoms with van der Waals surface area (Å²) < 4.78 is 26.6. The number of aromatic nitrogens is 1. The third kappa shape index (κ3) is 8.71. The number of nitrogens with one attached hydrogen (secondary N) is 3. The first-order valence-corrected chi connectivity index (χ1v) is 15.4. The van der Waals surface area contributed by atoms with Gasteiger partial charge in [-0.25, -0.2) is 13.8 Å². The number of thioether (sulfide) groups is 1. The highest BCUT2D eigenvalue weighted by molar-refractivity contribution is 8.00. The standard InChI is InChI=1S/C34H26F2N4O3S2/c1-21(31(41)40-34-39-30(20-44-34)23-9-13-26(36)14-10-23)45-28-17-15-27(16-18-28)37-33(43)29(19-22-7-11-25(35)12-8-22)38-32(42)24-5-3-2-4-6-24/h2-21H,1H3,(H,37,43)(H,38,42)(H,39,40,41)/b29-19-. The van der Waals surface area contributed by atoms with Crippen molar-refractivity contribution in [3.8, 4) is 11.3 Å². The Labute approximate surface area is 266 Å². The summed E-state index contributed by atoms with van der Waals surface area (Å²) in [4.78, 5) is 44.1. The minimum Gasteiger partial charge on any atom is -0.321 e. The van der Waals surface area contributed by atoms with E-state index in [1.54, 1.807) is 79.0 Å². The van der Waals surface area contributed by atoms with Crippen molar-refractivity contribution in [1.29, 1.82) is 0 Å². The van der Waals surface area contributed by atoms with E-state index in [-0.39, 0.29) is 17.4 Å². The lowest BCUT2D eigenvalue weighted by atomic mass is 10.1. The van der Waals surface area contributed by atoms with Crippen LogP contribution in [0.3, 0.4) is 0 Å². The summed E-state index contributed by atoms with van der Waals surface area (Å²) in [5.41, 5.74) is 2.74. The molecule has 1 unspecified atom stereocenters. The molecule has 5 rings (SSSR count). The lowest BCUT2D eigenvalue weighted by Crippen LogP contribution is -2.30. The summed E-state index contributed by atoms with van der Waals surface area (Å²) in [6, 6.07) is 26.9. The van der Waals surface area contributed by atoms with Gasteiger partial charge in [0.1, 0.15) is 17.3 Å². The zero-order valence-corrected chi connectivity index (χ0v) is 25.4. The number of carbonyl (C=O) groups is 3. The maximum Gasteiger partial charge on any atom is 0.272 e. The predicted octanol–water partition coefficient (Wildman–Crippen LogP) is 7.62. The Kier molecular flexibility index (Phi) is 10.1. The number of amides is 3. The maximum absolute atomic E-state index is 13.4. The Morgan fingerprint density at radius 2 is 1.47 bits per heavy atom. The highest BCUT2D eigenvalue weighted by atomic mass is 32.2. The minimum atomic E-state index is -0.569. The first-order valence-electron chi connectivity index (χ1n) is 13.7. The number of anilines is 2. The normalized spacial score (nSPS) is 11.8. The van der Waals surface area contributed by atoms with Crippen molar-refractivity contribution >= 4 is 57.7 Å². The molecule has 4 aromatic carbocycles. The van der Waals surface area contributed by atoms with Crippen LogP contribution in [0.25, 0.3) is 17.3 Å². The van der Waals surface area contributed by atoms with Crippen molar-refractivity contribution in [3.63, 3.8) is 0 Å². The fraction of sp³-hybridized carbons (Fsp3) is 0.0588. The van der Waals surface area contributed by atoms with Crippen LogP contribution in [0.15, 0.2) is 119 Å². The van der Waals surface area contributed by atoms with Gasteiger partial charge in [-0.3, -0.25) is 14.4 Å². The molecule has 0 aliphatic carbocycles. The Balaban J connectivity index is 1.20. The van der Waals surface area contributed by atoms with Gasteiger partial charge < -0.3 is 16.0 Å². The predicted molar refractivity (Wildman–Crippen MR) is 175 cm³/mol. The van der Waals surface area contributed by atoms with E-state index < -0.39 is 22.9 Å². The molecular formula is C34H26F2N4O3S2. The molecule has 7 nitrogen and oxygen atoms in total. The van der Waals surface area contributed by atoms with Crippen LogP contribution in [0.1, 0.15) is 22.8 Å². The second-order valence-corrected chi connectivity index (χ2v) is 12.0. The van der Waals surface area contributed by atoms with Crippen LogP contribution in [0, 0.1) is 11.6 Å². The summed E-state index contributed by atoms with van der Waals surface area (Å²) in [7, 11) is 0. The van der Waals surface area contributed by atoms with E-state index >= 15 is 0 Å². The highest BCUT2D eigenvalue weighted by Crippen LogP contribution is 2.28. The summed E-state index contributed by atoms with van der Waals surface area (Å²) in [6.45, 7) is 1.77. The Morgan fingerprint density at radius 3 is 2.13 bits per heavy atom. The molecule has 11 heteroatoms. The molecule has 0 aliphatic rings. The number of halogens is 2. The molecule has 0 spiro atoms. The fourth-order valence-corrected chi connectivity index (χ4v) is 5.62. The van der Waals surface area contributed by atoms with Crippen LogP contribution >= 0.6 is 23.1 Å². The van der Waals surface area contributed by atoms with Gasteiger partial charge in [-0.2, -0.15) is 0 Å². The molecule has 3 N–H and O–H groups in total. The molecule has 1 aromatic heterocycles. The topological polar surface area (TPSA) is 100 Å². The van der Waals surface area contributed by atoms with Crippen LogP contribution in [0.4, 0.5) is 19.6 Å². The van der Waals surface area contributed by atoms with Gasteiger partial charge in [0.2, 0.25) is 5.91 Å². The van der Waals surface area contributed by atoms with Crippen molar-refractivity contribution in [2.45, 2.75) is 17.1 Å². The second kappa shape index (κ2) is 14.6. The van der Waals surface area contributed by atoms with Gasteiger partial charge in [0, 0.05) is 27.1 Å². The largest absolute Gasteiger partial charge is 0.321 e. The Hall–Kier alpha value is -5.13. The van der Waals surface area contributed by atoms with Crippen molar-refractivity contribution in [2.75, 3.05) is 10.6 Å². The zero-order chi connectivity index (χ0) is 31.8.